The van der Waals surface area contributed by atoms with Crippen LogP contribution in [0.4, 0.5) is 0 Å². The Bertz CT molecular complexity index is 167. The smallest absolute Gasteiger partial charge is 0.172 e. The van der Waals surface area contributed by atoms with Gasteiger partial charge in [-0.05, 0) is 26.3 Å². The van der Waals surface area contributed by atoms with Gasteiger partial charge >= 0.3 is 0 Å². The van der Waals surface area contributed by atoms with E-state index in [0.29, 0.717) is 0 Å². The molecule has 1 heteroatoms. The molecule has 0 aliphatic rings. The van der Waals surface area contributed by atoms with Crippen LogP contribution in [0.25, 0.3) is 0 Å². The molecule has 1 nitrogen and oxygen atoms in total. The van der Waals surface area contributed by atoms with E-state index < -0.39 is 0 Å². The monoisotopic (exact) mass is 109 g/mol. The van der Waals surface area contributed by atoms with E-state index in [-0.39, 0.29) is 0 Å². The molecule has 8 heavy (non-hydrogen) atoms. The van der Waals surface area contributed by atoms with E-state index in [1.54, 1.807) is 0 Å². The molecule has 0 spiro atoms. The lowest BCUT2D eigenvalue weighted by Gasteiger charge is -1.83. The van der Waals surface area contributed by atoms with Crippen LogP contribution in [0.1, 0.15) is 16.9 Å². The molecule has 1 aromatic rings. The molecular formula is C7H9O. The molecule has 1 aromatic heterocycles. The molecule has 0 N–H and O–H groups in total. The van der Waals surface area contributed by atoms with Crippen LogP contribution in [0, 0.1) is 27.0 Å². The third-order valence-corrected chi connectivity index (χ3v) is 1.45. The Morgan fingerprint density at radius 2 is 1.88 bits per heavy atom. The van der Waals surface area contributed by atoms with Gasteiger partial charge in [0.05, 0.1) is 0 Å². The minimum atomic E-state index is 0.975. The summed E-state index contributed by atoms with van der Waals surface area (Å²) in [5, 5.41) is 0. The Kier molecular flexibility index (Phi) is 1.12. The fourth-order valence-corrected chi connectivity index (χ4v) is 0.570. The lowest BCUT2D eigenvalue weighted by atomic mass is 10.2. The zero-order valence-corrected chi connectivity index (χ0v) is 5.41. The van der Waals surface area contributed by atoms with E-state index in [0.717, 1.165) is 11.3 Å². The molecule has 0 atom stereocenters. The van der Waals surface area contributed by atoms with Crippen LogP contribution in [-0.2, 0) is 0 Å². The maximum absolute atomic E-state index is 4.97. The van der Waals surface area contributed by atoms with E-state index in [1.165, 1.54) is 5.56 Å². The molecule has 0 aliphatic heterocycles. The Labute approximate surface area is 49.3 Å². The fourth-order valence-electron chi connectivity index (χ4n) is 0.570. The quantitative estimate of drug-likeness (QED) is 0.496. The maximum atomic E-state index is 4.97. The summed E-state index contributed by atoms with van der Waals surface area (Å²) in [6, 6.07) is 0. The molecule has 0 saturated carbocycles. The lowest BCUT2D eigenvalue weighted by molar-refractivity contribution is 0.522. The Hall–Kier alpha value is -0.720. The zero-order valence-electron chi connectivity index (χ0n) is 5.41. The van der Waals surface area contributed by atoms with Crippen molar-refractivity contribution in [1.29, 1.82) is 0 Å². The maximum Gasteiger partial charge on any atom is 0.172 e. The number of hydrogen-bond donors (Lipinski definition) is 0. The van der Waals surface area contributed by atoms with Crippen molar-refractivity contribution in [2.24, 2.45) is 0 Å². The largest absolute Gasteiger partial charge is 0.458 e. The molecule has 0 amide bonds. The second-order valence-electron chi connectivity index (χ2n) is 2.01. The van der Waals surface area contributed by atoms with Gasteiger partial charge in [-0.15, -0.1) is 0 Å². The summed E-state index contributed by atoms with van der Waals surface area (Å²) < 4.78 is 4.97. The summed E-state index contributed by atoms with van der Waals surface area (Å²) in [5.74, 6) is 0.975. The molecule has 1 heterocycles. The highest BCUT2D eigenvalue weighted by Gasteiger charge is 1.98. The second-order valence-corrected chi connectivity index (χ2v) is 2.01. The van der Waals surface area contributed by atoms with E-state index in [2.05, 4.69) is 6.26 Å². The van der Waals surface area contributed by atoms with Crippen molar-refractivity contribution >= 4 is 0 Å². The number of furan rings is 1. The highest BCUT2D eigenvalue weighted by Crippen LogP contribution is 2.11. The number of hydrogen-bond acceptors (Lipinski definition) is 1. The van der Waals surface area contributed by atoms with Crippen LogP contribution >= 0.6 is 0 Å². The van der Waals surface area contributed by atoms with Crippen molar-refractivity contribution in [3.8, 4) is 0 Å². The van der Waals surface area contributed by atoms with Crippen molar-refractivity contribution in [3.63, 3.8) is 0 Å². The molecule has 0 saturated heterocycles. The minimum absolute atomic E-state index is 0.975. The van der Waals surface area contributed by atoms with E-state index in [4.69, 9.17) is 4.42 Å². The fraction of sp³-hybridized carbons (Fsp3) is 0.429. The molecule has 1 rings (SSSR count). The van der Waals surface area contributed by atoms with Gasteiger partial charge in [-0.3, -0.25) is 0 Å². The average molecular weight is 109 g/mol. The highest BCUT2D eigenvalue weighted by atomic mass is 16.3. The van der Waals surface area contributed by atoms with Crippen molar-refractivity contribution in [1.82, 2.24) is 0 Å². The van der Waals surface area contributed by atoms with Gasteiger partial charge in [0.25, 0.3) is 0 Å². The number of rotatable bonds is 0. The summed E-state index contributed by atoms with van der Waals surface area (Å²) in [7, 11) is 0. The van der Waals surface area contributed by atoms with Crippen molar-refractivity contribution in [2.75, 3.05) is 0 Å². The van der Waals surface area contributed by atoms with Gasteiger partial charge in [-0.2, -0.15) is 0 Å². The molecule has 0 unspecified atom stereocenters. The van der Waals surface area contributed by atoms with Crippen LogP contribution in [0.15, 0.2) is 4.42 Å². The second kappa shape index (κ2) is 1.66. The summed E-state index contributed by atoms with van der Waals surface area (Å²) >= 11 is 0. The first kappa shape index (κ1) is 5.42. The van der Waals surface area contributed by atoms with Gasteiger partial charge in [0.15, 0.2) is 6.26 Å². The first-order valence-electron chi connectivity index (χ1n) is 2.66. The molecule has 1 radical (unpaired) electrons. The first-order valence-corrected chi connectivity index (χ1v) is 2.66. The van der Waals surface area contributed by atoms with Crippen molar-refractivity contribution < 1.29 is 4.42 Å². The Balaban J connectivity index is 3.19. The predicted octanol–water partition coefficient (Wildman–Crippen LogP) is 2.01. The van der Waals surface area contributed by atoms with Gasteiger partial charge in [0.2, 0.25) is 0 Å². The van der Waals surface area contributed by atoms with Crippen molar-refractivity contribution in [3.05, 3.63) is 23.2 Å². The summed E-state index contributed by atoms with van der Waals surface area (Å²) in [4.78, 5) is 0. The Morgan fingerprint density at radius 3 is 2.00 bits per heavy atom. The summed E-state index contributed by atoms with van der Waals surface area (Å²) in [6.07, 6.45) is 2.76. The van der Waals surface area contributed by atoms with Gasteiger partial charge in [-0.25, -0.2) is 0 Å². The molecule has 0 aromatic carbocycles. The molecule has 0 fully saturated rings. The van der Waals surface area contributed by atoms with Gasteiger partial charge in [-0.1, -0.05) is 0 Å². The first-order chi connectivity index (χ1) is 3.72. The minimum Gasteiger partial charge on any atom is -0.458 e. The zero-order chi connectivity index (χ0) is 6.15. The third-order valence-electron chi connectivity index (χ3n) is 1.45. The average Bonchev–Trinajstić information content (AvgIpc) is 1.98. The van der Waals surface area contributed by atoms with E-state index >= 15 is 0 Å². The normalized spacial score (nSPS) is 9.88. The highest BCUT2D eigenvalue weighted by molar-refractivity contribution is 5.22. The standard InChI is InChI=1S/C7H9O/c1-5-4-8-7(3)6(5)2/h1-3H3. The van der Waals surface area contributed by atoms with Gasteiger partial charge in [0.1, 0.15) is 5.76 Å². The van der Waals surface area contributed by atoms with E-state index in [9.17, 15) is 0 Å². The number of aryl methyl sites for hydroxylation is 2. The molecule has 0 aliphatic carbocycles. The summed E-state index contributed by atoms with van der Waals surface area (Å²) in [6.45, 7) is 5.97. The SMILES string of the molecule is Cc1[c]oc(C)c1C. The van der Waals surface area contributed by atoms with Crippen LogP contribution in [0.2, 0.25) is 0 Å². The molecular weight excluding hydrogens is 100 g/mol. The van der Waals surface area contributed by atoms with Gasteiger partial charge < -0.3 is 4.42 Å². The topological polar surface area (TPSA) is 13.1 Å². The van der Waals surface area contributed by atoms with Crippen LogP contribution in [0.5, 0.6) is 0 Å². The van der Waals surface area contributed by atoms with Gasteiger partial charge in [0, 0.05) is 5.56 Å². The molecule has 43 valence electrons. The van der Waals surface area contributed by atoms with Crippen LogP contribution < -0.4 is 0 Å². The Morgan fingerprint density at radius 1 is 1.25 bits per heavy atom. The lowest BCUT2D eigenvalue weighted by Crippen LogP contribution is -1.71. The van der Waals surface area contributed by atoms with Crippen LogP contribution in [0.3, 0.4) is 0 Å². The van der Waals surface area contributed by atoms with Crippen LogP contribution in [-0.4, -0.2) is 0 Å². The van der Waals surface area contributed by atoms with Crippen molar-refractivity contribution in [2.45, 2.75) is 20.8 Å². The van der Waals surface area contributed by atoms with E-state index in [1.807, 2.05) is 20.8 Å². The summed E-state index contributed by atoms with van der Waals surface area (Å²) in [5.41, 5.74) is 2.33. The third kappa shape index (κ3) is 0.641. The molecule has 0 bridgehead atoms. The predicted molar refractivity (Wildman–Crippen MR) is 31.8 cm³/mol.